The Balaban J connectivity index is 1.58. The van der Waals surface area contributed by atoms with Crippen molar-refractivity contribution in [1.82, 2.24) is 20.2 Å². The van der Waals surface area contributed by atoms with E-state index in [0.717, 1.165) is 17.0 Å². The molecule has 26 heavy (non-hydrogen) atoms. The fraction of sp³-hybridized carbons (Fsp3) is 0.263. The van der Waals surface area contributed by atoms with E-state index in [1.165, 1.54) is 11.9 Å². The number of aromatic nitrogens is 4. The van der Waals surface area contributed by atoms with E-state index in [9.17, 15) is 4.79 Å². The molecule has 1 aromatic heterocycles. The predicted octanol–water partition coefficient (Wildman–Crippen LogP) is 3.11. The SMILES string of the molecule is Cc1ccc(C(C)C)cc1OCC(=O)Nc1ccc(-n2cnnn2)cc1. The van der Waals surface area contributed by atoms with Gasteiger partial charge in [-0.05, 0) is 64.7 Å². The molecule has 1 amide bonds. The van der Waals surface area contributed by atoms with Crippen LogP contribution in [-0.4, -0.2) is 32.7 Å². The number of rotatable bonds is 6. The number of carbonyl (C=O) groups is 1. The van der Waals surface area contributed by atoms with Crippen molar-refractivity contribution in [2.75, 3.05) is 11.9 Å². The molecule has 0 saturated carbocycles. The summed E-state index contributed by atoms with van der Waals surface area (Å²) in [6.45, 7) is 6.17. The van der Waals surface area contributed by atoms with E-state index in [-0.39, 0.29) is 12.5 Å². The number of nitrogens with one attached hydrogen (secondary N) is 1. The van der Waals surface area contributed by atoms with E-state index >= 15 is 0 Å². The third-order valence-corrected chi connectivity index (χ3v) is 4.00. The minimum absolute atomic E-state index is 0.0445. The Bertz CT molecular complexity index is 873. The Hall–Kier alpha value is -3.22. The summed E-state index contributed by atoms with van der Waals surface area (Å²) in [4.78, 5) is 12.2. The van der Waals surface area contributed by atoms with Crippen LogP contribution in [-0.2, 0) is 4.79 Å². The fourth-order valence-corrected chi connectivity index (χ4v) is 2.45. The minimum Gasteiger partial charge on any atom is -0.483 e. The summed E-state index contributed by atoms with van der Waals surface area (Å²) in [6.07, 6.45) is 1.51. The number of carbonyl (C=O) groups excluding carboxylic acids is 1. The molecule has 2 aromatic carbocycles. The maximum atomic E-state index is 12.2. The van der Waals surface area contributed by atoms with Gasteiger partial charge in [0.15, 0.2) is 6.61 Å². The van der Waals surface area contributed by atoms with Crippen molar-refractivity contribution in [3.8, 4) is 11.4 Å². The predicted molar refractivity (Wildman–Crippen MR) is 98.5 cm³/mol. The molecule has 0 saturated heterocycles. The van der Waals surface area contributed by atoms with Gasteiger partial charge in [-0.15, -0.1) is 5.10 Å². The highest BCUT2D eigenvalue weighted by Crippen LogP contribution is 2.24. The Kier molecular flexibility index (Phi) is 5.26. The molecule has 0 bridgehead atoms. The number of tetrazole rings is 1. The number of amides is 1. The van der Waals surface area contributed by atoms with Crippen molar-refractivity contribution < 1.29 is 9.53 Å². The molecule has 1 heterocycles. The monoisotopic (exact) mass is 351 g/mol. The van der Waals surface area contributed by atoms with Gasteiger partial charge in [-0.3, -0.25) is 4.79 Å². The van der Waals surface area contributed by atoms with E-state index in [4.69, 9.17) is 4.74 Å². The molecule has 1 N–H and O–H groups in total. The molecule has 0 aliphatic carbocycles. The zero-order chi connectivity index (χ0) is 18.5. The van der Waals surface area contributed by atoms with Crippen LogP contribution in [0.3, 0.4) is 0 Å². The highest BCUT2D eigenvalue weighted by molar-refractivity contribution is 5.91. The van der Waals surface area contributed by atoms with Crippen LogP contribution in [0.25, 0.3) is 5.69 Å². The first-order valence-corrected chi connectivity index (χ1v) is 8.39. The topological polar surface area (TPSA) is 81.9 Å². The first-order chi connectivity index (χ1) is 12.5. The second-order valence-corrected chi connectivity index (χ2v) is 6.32. The Morgan fingerprint density at radius 1 is 1.19 bits per heavy atom. The molecular formula is C19H21N5O2. The van der Waals surface area contributed by atoms with Crippen LogP contribution >= 0.6 is 0 Å². The molecule has 3 rings (SSSR count). The van der Waals surface area contributed by atoms with Crippen molar-refractivity contribution in [3.63, 3.8) is 0 Å². The van der Waals surface area contributed by atoms with Gasteiger partial charge in [0.05, 0.1) is 5.69 Å². The maximum Gasteiger partial charge on any atom is 0.262 e. The lowest BCUT2D eigenvalue weighted by Gasteiger charge is -2.13. The zero-order valence-electron chi connectivity index (χ0n) is 15.0. The van der Waals surface area contributed by atoms with Crippen molar-refractivity contribution in [2.24, 2.45) is 0 Å². The second kappa shape index (κ2) is 7.77. The summed E-state index contributed by atoms with van der Waals surface area (Å²) >= 11 is 0. The van der Waals surface area contributed by atoms with Crippen LogP contribution in [0.5, 0.6) is 5.75 Å². The summed E-state index contributed by atoms with van der Waals surface area (Å²) in [6, 6.07) is 13.3. The quantitative estimate of drug-likeness (QED) is 0.738. The van der Waals surface area contributed by atoms with Crippen molar-refractivity contribution in [1.29, 1.82) is 0 Å². The summed E-state index contributed by atoms with van der Waals surface area (Å²) in [5.41, 5.74) is 3.69. The Morgan fingerprint density at radius 2 is 1.96 bits per heavy atom. The highest BCUT2D eigenvalue weighted by atomic mass is 16.5. The molecule has 3 aromatic rings. The largest absolute Gasteiger partial charge is 0.483 e. The smallest absolute Gasteiger partial charge is 0.262 e. The number of ether oxygens (including phenoxy) is 1. The first-order valence-electron chi connectivity index (χ1n) is 8.39. The molecule has 0 atom stereocenters. The molecule has 7 nitrogen and oxygen atoms in total. The molecule has 0 aliphatic heterocycles. The van der Waals surface area contributed by atoms with Crippen molar-refractivity contribution in [2.45, 2.75) is 26.7 Å². The van der Waals surface area contributed by atoms with Crippen LogP contribution in [0.2, 0.25) is 0 Å². The third kappa shape index (κ3) is 4.24. The number of nitrogens with zero attached hydrogens (tertiary/aromatic N) is 4. The highest BCUT2D eigenvalue weighted by Gasteiger charge is 2.08. The van der Waals surface area contributed by atoms with E-state index < -0.39 is 0 Å². The van der Waals surface area contributed by atoms with E-state index in [1.54, 1.807) is 16.8 Å². The number of anilines is 1. The molecule has 0 radical (unpaired) electrons. The average molecular weight is 351 g/mol. The number of hydrogen-bond donors (Lipinski definition) is 1. The van der Waals surface area contributed by atoms with Gasteiger partial charge >= 0.3 is 0 Å². The first kappa shape index (κ1) is 17.6. The van der Waals surface area contributed by atoms with E-state index in [1.807, 2.05) is 31.2 Å². The maximum absolute atomic E-state index is 12.2. The lowest BCUT2D eigenvalue weighted by molar-refractivity contribution is -0.118. The third-order valence-electron chi connectivity index (χ3n) is 4.00. The van der Waals surface area contributed by atoms with Gasteiger partial charge in [0.2, 0.25) is 0 Å². The minimum atomic E-state index is -0.213. The zero-order valence-corrected chi connectivity index (χ0v) is 15.0. The van der Waals surface area contributed by atoms with E-state index in [0.29, 0.717) is 11.6 Å². The van der Waals surface area contributed by atoms with Crippen molar-refractivity contribution >= 4 is 11.6 Å². The van der Waals surface area contributed by atoms with E-state index in [2.05, 4.69) is 40.8 Å². The average Bonchev–Trinajstić information content (AvgIpc) is 3.16. The molecule has 134 valence electrons. The lowest BCUT2D eigenvalue weighted by Crippen LogP contribution is -2.20. The van der Waals surface area contributed by atoms with Crippen LogP contribution < -0.4 is 10.1 Å². The van der Waals surface area contributed by atoms with Crippen LogP contribution in [0.1, 0.15) is 30.9 Å². The van der Waals surface area contributed by atoms with Gasteiger partial charge in [-0.25, -0.2) is 4.68 Å². The van der Waals surface area contributed by atoms with Gasteiger partial charge in [-0.2, -0.15) is 0 Å². The van der Waals surface area contributed by atoms with Gasteiger partial charge in [0, 0.05) is 5.69 Å². The molecule has 0 aliphatic rings. The Morgan fingerprint density at radius 3 is 2.62 bits per heavy atom. The molecule has 0 unspecified atom stereocenters. The molecule has 0 fully saturated rings. The number of benzene rings is 2. The molecular weight excluding hydrogens is 330 g/mol. The summed E-state index contributed by atoms with van der Waals surface area (Å²) in [7, 11) is 0. The lowest BCUT2D eigenvalue weighted by atomic mass is 10.0. The Labute approximate surface area is 152 Å². The molecule has 0 spiro atoms. The van der Waals surface area contributed by atoms with Gasteiger partial charge in [0.25, 0.3) is 5.91 Å². The second-order valence-electron chi connectivity index (χ2n) is 6.32. The van der Waals surface area contributed by atoms with Gasteiger partial charge in [-0.1, -0.05) is 26.0 Å². The normalized spacial score (nSPS) is 10.8. The van der Waals surface area contributed by atoms with Crippen LogP contribution in [0, 0.1) is 6.92 Å². The number of aryl methyl sites for hydroxylation is 1. The van der Waals surface area contributed by atoms with Crippen LogP contribution in [0.15, 0.2) is 48.8 Å². The summed E-state index contributed by atoms with van der Waals surface area (Å²) < 4.78 is 7.24. The van der Waals surface area contributed by atoms with Crippen LogP contribution in [0.4, 0.5) is 5.69 Å². The fourth-order valence-electron chi connectivity index (χ4n) is 2.45. The summed E-state index contributed by atoms with van der Waals surface area (Å²) in [5.74, 6) is 0.931. The standard InChI is InChI=1S/C19H21N5O2/c1-13(2)15-5-4-14(3)18(10-15)26-11-19(25)21-16-6-8-17(9-7-16)24-12-20-22-23-24/h4-10,12-13H,11H2,1-3H3,(H,21,25). The summed E-state index contributed by atoms with van der Waals surface area (Å²) in [5, 5.41) is 13.8. The van der Waals surface area contributed by atoms with Gasteiger partial charge < -0.3 is 10.1 Å². The van der Waals surface area contributed by atoms with Gasteiger partial charge in [0.1, 0.15) is 12.1 Å². The number of hydrogen-bond acceptors (Lipinski definition) is 5. The molecule has 7 heteroatoms. The van der Waals surface area contributed by atoms with Crippen molar-refractivity contribution in [3.05, 3.63) is 59.9 Å².